The van der Waals surface area contributed by atoms with E-state index >= 15 is 4.39 Å². The van der Waals surface area contributed by atoms with Gasteiger partial charge in [0, 0.05) is 53.6 Å². The zero-order valence-corrected chi connectivity index (χ0v) is 27.0. The van der Waals surface area contributed by atoms with Crippen molar-refractivity contribution in [3.8, 4) is 6.01 Å². The Hall–Kier alpha value is -1.51. The summed E-state index contributed by atoms with van der Waals surface area (Å²) in [5.41, 5.74) is -0.129. The van der Waals surface area contributed by atoms with Gasteiger partial charge in [-0.1, -0.05) is 0 Å². The molecule has 9 nitrogen and oxygen atoms in total. The number of piperidine rings is 2. The predicted octanol–water partition coefficient (Wildman–Crippen LogP) is 5.22. The lowest BCUT2D eigenvalue weighted by Crippen LogP contribution is -2.62. The van der Waals surface area contributed by atoms with Gasteiger partial charge < -0.3 is 24.0 Å². The molecule has 1 aromatic heterocycles. The van der Waals surface area contributed by atoms with E-state index in [1.54, 1.807) is 4.90 Å². The molecule has 12 heteroatoms. The quantitative estimate of drug-likeness (QED) is 0.313. The van der Waals surface area contributed by atoms with Crippen LogP contribution in [0.15, 0.2) is 10.5 Å². The molecular weight excluding hydrogens is 696 g/mol. The van der Waals surface area contributed by atoms with Crippen molar-refractivity contribution in [1.29, 1.82) is 0 Å². The average Bonchev–Trinajstić information content (AvgIpc) is 2.85. The lowest BCUT2D eigenvalue weighted by molar-refractivity contribution is -0.0781. The van der Waals surface area contributed by atoms with Crippen molar-refractivity contribution in [3.63, 3.8) is 0 Å². The van der Waals surface area contributed by atoms with Crippen LogP contribution >= 0.6 is 38.5 Å². The molecule has 4 fully saturated rings. The Balaban J connectivity index is 1.17. The summed E-state index contributed by atoms with van der Waals surface area (Å²) < 4.78 is 33.9. The Labute approximate surface area is 256 Å². The highest BCUT2D eigenvalue weighted by Crippen LogP contribution is 2.43. The molecule has 2 aromatic rings. The van der Waals surface area contributed by atoms with Crippen LogP contribution in [0.3, 0.4) is 0 Å². The minimum Gasteiger partial charge on any atom is -0.460 e. The second-order valence-electron chi connectivity index (χ2n) is 12.6. The molecule has 1 spiro atoms. The first kappa shape index (κ1) is 28.6. The van der Waals surface area contributed by atoms with Crippen molar-refractivity contribution in [2.45, 2.75) is 64.2 Å². The number of ether oxygens (including phenoxy) is 3. The van der Waals surface area contributed by atoms with Crippen molar-refractivity contribution < 1.29 is 23.4 Å². The summed E-state index contributed by atoms with van der Waals surface area (Å²) in [5, 5.41) is 0.692. The minimum atomic E-state index is -0.499. The Kier molecular flexibility index (Phi) is 7.84. The van der Waals surface area contributed by atoms with Gasteiger partial charge >= 0.3 is 12.1 Å². The van der Waals surface area contributed by atoms with Crippen molar-refractivity contribution in [2.24, 2.45) is 5.41 Å². The van der Waals surface area contributed by atoms with Gasteiger partial charge in [-0.2, -0.15) is 9.97 Å². The normalized spacial score (nSPS) is 22.4. The van der Waals surface area contributed by atoms with E-state index in [1.165, 1.54) is 0 Å². The first-order chi connectivity index (χ1) is 19.0. The third-order valence-corrected chi connectivity index (χ3v) is 10.9. The Bertz CT molecular complexity index is 1280. The highest BCUT2D eigenvalue weighted by molar-refractivity contribution is 14.1. The molecule has 0 atom stereocenters. The van der Waals surface area contributed by atoms with E-state index in [0.29, 0.717) is 34.8 Å². The van der Waals surface area contributed by atoms with Gasteiger partial charge in [-0.3, -0.25) is 4.90 Å². The van der Waals surface area contributed by atoms with Gasteiger partial charge in [0.15, 0.2) is 5.82 Å². The SMILES string of the molecule is CC(C)(C)OC(=O)N1CC2(CCN(c3nc(OC4CCN(C5COC5)CC4)nc4c(F)c(Br)c(I)cc34)CC2)C1. The van der Waals surface area contributed by atoms with Crippen LogP contribution in [0.25, 0.3) is 10.9 Å². The van der Waals surface area contributed by atoms with Gasteiger partial charge in [0.2, 0.25) is 0 Å². The number of amides is 1. The molecule has 0 radical (unpaired) electrons. The van der Waals surface area contributed by atoms with E-state index in [0.717, 1.165) is 68.6 Å². The Morgan fingerprint density at radius 3 is 2.42 bits per heavy atom. The van der Waals surface area contributed by atoms with Crippen LogP contribution in [0, 0.1) is 14.8 Å². The van der Waals surface area contributed by atoms with Crippen LogP contribution in [0.1, 0.15) is 46.5 Å². The minimum absolute atomic E-state index is 0.00339. The summed E-state index contributed by atoms with van der Waals surface area (Å²) in [6.45, 7) is 12.1. The third kappa shape index (κ3) is 5.74. The van der Waals surface area contributed by atoms with E-state index in [9.17, 15) is 4.79 Å². The maximum atomic E-state index is 15.5. The molecule has 5 heterocycles. The number of aromatic nitrogens is 2. The smallest absolute Gasteiger partial charge is 0.410 e. The van der Waals surface area contributed by atoms with E-state index < -0.39 is 11.4 Å². The summed E-state index contributed by atoms with van der Waals surface area (Å²) in [6.07, 6.45) is 3.36. The number of hydrogen-bond acceptors (Lipinski definition) is 8. The van der Waals surface area contributed by atoms with Crippen LogP contribution in [-0.2, 0) is 9.47 Å². The Morgan fingerprint density at radius 1 is 1.15 bits per heavy atom. The van der Waals surface area contributed by atoms with Gasteiger partial charge in [0.25, 0.3) is 0 Å². The molecule has 0 bridgehead atoms. The number of carbonyl (C=O) groups is 1. The topological polar surface area (TPSA) is 80.3 Å². The second-order valence-corrected chi connectivity index (χ2v) is 14.5. The number of likely N-dealkylation sites (tertiary alicyclic amines) is 2. The number of rotatable bonds is 4. The molecule has 1 aromatic carbocycles. The average molecular weight is 732 g/mol. The molecule has 0 aliphatic carbocycles. The van der Waals surface area contributed by atoms with Crippen LogP contribution in [0.2, 0.25) is 0 Å². The van der Waals surface area contributed by atoms with Crippen molar-refractivity contribution >= 4 is 61.3 Å². The first-order valence-corrected chi connectivity index (χ1v) is 15.9. The summed E-state index contributed by atoms with van der Waals surface area (Å²) in [7, 11) is 0. The second kappa shape index (κ2) is 11.0. The fourth-order valence-electron chi connectivity index (χ4n) is 6.10. The van der Waals surface area contributed by atoms with Crippen molar-refractivity contribution in [1.82, 2.24) is 19.8 Å². The summed E-state index contributed by atoms with van der Waals surface area (Å²) >= 11 is 5.52. The van der Waals surface area contributed by atoms with Gasteiger partial charge in [0.05, 0.1) is 23.7 Å². The number of carbonyl (C=O) groups excluding carboxylic acids is 1. The number of halogens is 3. The molecule has 0 saturated carbocycles. The number of hydrogen-bond donors (Lipinski definition) is 0. The molecule has 0 unspecified atom stereocenters. The van der Waals surface area contributed by atoms with E-state index in [2.05, 4.69) is 53.3 Å². The van der Waals surface area contributed by atoms with Crippen LogP contribution in [0.5, 0.6) is 6.01 Å². The largest absolute Gasteiger partial charge is 0.460 e. The molecule has 0 N–H and O–H groups in total. The molecule has 218 valence electrons. The molecule has 4 aliphatic heterocycles. The standard InChI is InChI=1S/C28H36BrFIN5O4/c1-27(2,3)40-26(37)36-15-28(16-36)6-10-35(11-7-28)24-19-12-20(31)21(29)22(30)23(19)32-25(33-24)39-18-4-8-34(9-5-18)17-13-38-14-17/h12,17-18H,4-11,13-16H2,1-3H3. The third-order valence-electron chi connectivity index (χ3n) is 8.50. The fraction of sp³-hybridized carbons (Fsp3) is 0.679. The summed E-state index contributed by atoms with van der Waals surface area (Å²) in [6, 6.07) is 2.70. The van der Waals surface area contributed by atoms with Gasteiger partial charge in [-0.25, -0.2) is 9.18 Å². The van der Waals surface area contributed by atoms with E-state index in [-0.39, 0.29) is 29.1 Å². The molecule has 4 saturated heterocycles. The van der Waals surface area contributed by atoms with E-state index in [4.69, 9.17) is 19.2 Å². The van der Waals surface area contributed by atoms with Crippen LogP contribution in [0.4, 0.5) is 15.0 Å². The highest BCUT2D eigenvalue weighted by atomic mass is 127. The lowest BCUT2D eigenvalue weighted by atomic mass is 9.72. The maximum Gasteiger partial charge on any atom is 0.410 e. The van der Waals surface area contributed by atoms with E-state index in [1.807, 2.05) is 26.8 Å². The first-order valence-electron chi connectivity index (χ1n) is 14.1. The van der Waals surface area contributed by atoms with Crippen LogP contribution < -0.4 is 9.64 Å². The van der Waals surface area contributed by atoms with Gasteiger partial charge in [-0.05, 0) is 91.0 Å². The summed E-state index contributed by atoms with van der Waals surface area (Å²) in [5.74, 6) is 0.321. The van der Waals surface area contributed by atoms with Crippen LogP contribution in [-0.4, -0.2) is 96.1 Å². The monoisotopic (exact) mass is 731 g/mol. The maximum absolute atomic E-state index is 15.5. The molecule has 6 rings (SSSR count). The Morgan fingerprint density at radius 2 is 1.82 bits per heavy atom. The molecule has 4 aliphatic rings. The molecule has 40 heavy (non-hydrogen) atoms. The summed E-state index contributed by atoms with van der Waals surface area (Å²) in [4.78, 5) is 28.4. The lowest BCUT2D eigenvalue weighted by Gasteiger charge is -2.53. The zero-order chi connectivity index (χ0) is 28.2. The highest BCUT2D eigenvalue weighted by Gasteiger charge is 2.48. The number of benzene rings is 1. The number of nitrogens with zero attached hydrogens (tertiary/aromatic N) is 5. The molecule has 1 amide bonds. The zero-order valence-electron chi connectivity index (χ0n) is 23.2. The van der Waals surface area contributed by atoms with Gasteiger partial charge in [-0.15, -0.1) is 0 Å². The molecular formula is C28H36BrFIN5O4. The van der Waals surface area contributed by atoms with Crippen molar-refractivity contribution in [2.75, 3.05) is 57.4 Å². The number of anilines is 1. The van der Waals surface area contributed by atoms with Gasteiger partial charge in [0.1, 0.15) is 23.0 Å². The fourth-order valence-corrected chi connectivity index (χ4v) is 6.95. The number of fused-ring (bicyclic) bond motifs is 1. The van der Waals surface area contributed by atoms with Crippen molar-refractivity contribution in [3.05, 3.63) is 19.9 Å². The predicted molar refractivity (Wildman–Crippen MR) is 161 cm³/mol.